The van der Waals surface area contributed by atoms with Crippen LogP contribution in [0.2, 0.25) is 0 Å². The molecular formula is C58H78N4O20S2. The molecule has 2 aliphatic rings. The summed E-state index contributed by atoms with van der Waals surface area (Å²) in [5.74, 6) is -0.809. The van der Waals surface area contributed by atoms with Crippen molar-refractivity contribution < 1.29 is 95.0 Å². The fraction of sp³-hybridized carbons (Fsp3) is 0.517. The van der Waals surface area contributed by atoms with Gasteiger partial charge in [-0.2, -0.15) is 0 Å². The molecule has 2 N–H and O–H groups in total. The minimum absolute atomic E-state index is 0.0820. The molecule has 0 saturated carbocycles. The van der Waals surface area contributed by atoms with Crippen LogP contribution < -0.4 is 29.6 Å². The zero-order valence-corrected chi connectivity index (χ0v) is 49.8. The first-order valence-electron chi connectivity index (χ1n) is 27.4. The summed E-state index contributed by atoms with van der Waals surface area (Å²) in [4.78, 5) is 61.9. The highest BCUT2D eigenvalue weighted by Crippen LogP contribution is 2.48. The van der Waals surface area contributed by atoms with E-state index in [1.165, 1.54) is 32.5 Å². The fourth-order valence-electron chi connectivity index (χ4n) is 8.06. The van der Waals surface area contributed by atoms with Gasteiger partial charge in [-0.05, 0) is 47.2 Å². The maximum atomic E-state index is 14.9. The van der Waals surface area contributed by atoms with E-state index in [2.05, 4.69) is 10.6 Å². The van der Waals surface area contributed by atoms with E-state index < -0.39 is 36.7 Å². The Morgan fingerprint density at radius 3 is 0.952 bits per heavy atom. The summed E-state index contributed by atoms with van der Waals surface area (Å²) in [5.41, 5.74) is 1.38. The molecule has 0 atom stereocenters. The second-order valence-corrected chi connectivity index (χ2v) is 19.8. The van der Waals surface area contributed by atoms with Crippen LogP contribution in [0.15, 0.2) is 82.6 Å². The largest absolute Gasteiger partial charge is 0.487 e. The Balaban J connectivity index is 1.14. The number of nitrogens with zero attached hydrogens (tertiary/aromatic N) is 2. The van der Waals surface area contributed by atoms with Gasteiger partial charge in [0.1, 0.15) is 39.5 Å². The van der Waals surface area contributed by atoms with E-state index in [-0.39, 0.29) is 75.4 Å². The molecule has 0 unspecified atom stereocenters. The van der Waals surface area contributed by atoms with E-state index >= 15 is 0 Å². The lowest BCUT2D eigenvalue weighted by Crippen LogP contribution is -2.37. The number of methoxy groups -OCH3 is 4. The van der Waals surface area contributed by atoms with Crippen LogP contribution in [-0.4, -0.2) is 234 Å². The predicted molar refractivity (Wildman–Crippen MR) is 312 cm³/mol. The van der Waals surface area contributed by atoms with Crippen LogP contribution in [0.1, 0.15) is 9.75 Å². The molecule has 0 spiro atoms. The third-order valence-corrected chi connectivity index (χ3v) is 13.7. The van der Waals surface area contributed by atoms with Gasteiger partial charge in [-0.3, -0.25) is 29.0 Å². The number of nitrogens with one attached hydrogen (secondary N) is 2. The first-order chi connectivity index (χ1) is 41.3. The van der Waals surface area contributed by atoms with Gasteiger partial charge in [-0.25, -0.2) is 0 Å². The average Bonchev–Trinajstić information content (AvgIpc) is 2.28. The number of carbonyl (C=O) groups is 4. The van der Waals surface area contributed by atoms with Crippen LogP contribution in [0.5, 0.6) is 23.0 Å². The van der Waals surface area contributed by atoms with E-state index in [9.17, 15) is 19.2 Å². The molecule has 4 amide bonds. The normalized spacial score (nSPS) is 13.1. The van der Waals surface area contributed by atoms with E-state index in [1.807, 2.05) is 10.8 Å². The monoisotopic (exact) mass is 1210 g/mol. The van der Waals surface area contributed by atoms with E-state index in [0.29, 0.717) is 150 Å². The number of ether oxygens (including phenoxy) is 16. The zero-order chi connectivity index (χ0) is 59.4. The molecular weight excluding hydrogens is 1140 g/mol. The summed E-state index contributed by atoms with van der Waals surface area (Å²) in [6, 6.07) is 17.0. The fourth-order valence-corrected chi connectivity index (χ4v) is 9.63. The van der Waals surface area contributed by atoms with Gasteiger partial charge in [0.2, 0.25) is 11.8 Å². The Labute approximate surface area is 497 Å². The van der Waals surface area contributed by atoms with Gasteiger partial charge in [-0.1, -0.05) is 12.1 Å². The lowest BCUT2D eigenvalue weighted by atomic mass is 10.1. The minimum atomic E-state index is -0.579. The number of anilines is 2. The molecule has 0 aliphatic carbocycles. The van der Waals surface area contributed by atoms with Gasteiger partial charge in [0.05, 0.1) is 164 Å². The molecule has 6 rings (SSSR count). The van der Waals surface area contributed by atoms with Gasteiger partial charge in [0.15, 0.2) is 23.0 Å². The molecule has 2 aromatic carbocycles. The second-order valence-electron chi connectivity index (χ2n) is 17.9. The van der Waals surface area contributed by atoms with Crippen molar-refractivity contribution in [3.63, 3.8) is 0 Å². The predicted octanol–water partition coefficient (Wildman–Crippen LogP) is 5.13. The van der Waals surface area contributed by atoms with Crippen LogP contribution in [0, 0.1) is 0 Å². The van der Waals surface area contributed by atoms with Crippen molar-refractivity contribution in [1.82, 2.24) is 9.80 Å². The number of hydrogen-bond donors (Lipinski definition) is 2. The molecule has 24 nitrogen and oxygen atoms in total. The smallest absolute Gasteiger partial charge is 0.261 e. The summed E-state index contributed by atoms with van der Waals surface area (Å²) in [6.07, 6.45) is 0. The quantitative estimate of drug-likeness (QED) is 0.0545. The van der Waals surface area contributed by atoms with Crippen LogP contribution in [0.25, 0.3) is 11.4 Å². The van der Waals surface area contributed by atoms with E-state index in [1.54, 1.807) is 89.1 Å². The van der Waals surface area contributed by atoms with Crippen molar-refractivity contribution in [3.8, 4) is 23.0 Å². The van der Waals surface area contributed by atoms with Crippen LogP contribution >= 0.6 is 22.7 Å². The number of rotatable bonds is 48. The maximum absolute atomic E-state index is 14.9. The number of thiophene rings is 2. The van der Waals surface area contributed by atoms with Gasteiger partial charge < -0.3 is 86.4 Å². The average molecular weight is 1220 g/mol. The molecule has 0 radical (unpaired) electrons. The molecule has 0 bridgehead atoms. The molecule has 26 heteroatoms. The van der Waals surface area contributed by atoms with Crippen molar-refractivity contribution in [2.45, 2.75) is 0 Å². The molecule has 462 valence electrons. The van der Waals surface area contributed by atoms with Crippen molar-refractivity contribution in [1.29, 1.82) is 0 Å². The summed E-state index contributed by atoms with van der Waals surface area (Å²) >= 11 is 2.61. The number of fused-ring (bicyclic) bond motifs is 1. The number of amides is 4. The molecule has 4 heterocycles. The highest BCUT2D eigenvalue weighted by Gasteiger charge is 2.50. The summed E-state index contributed by atoms with van der Waals surface area (Å²) in [7, 11) is 6.42. The molecule has 0 saturated heterocycles. The topological polar surface area (TPSA) is 246 Å². The van der Waals surface area contributed by atoms with Gasteiger partial charge >= 0.3 is 0 Å². The summed E-state index contributed by atoms with van der Waals surface area (Å²) < 4.78 is 88.8. The van der Waals surface area contributed by atoms with Crippen molar-refractivity contribution in [2.24, 2.45) is 0 Å². The number of benzene rings is 2. The highest BCUT2D eigenvalue weighted by molar-refractivity contribution is 7.11. The molecule has 2 aromatic heterocycles. The van der Waals surface area contributed by atoms with Crippen molar-refractivity contribution in [3.05, 3.63) is 92.3 Å². The minimum Gasteiger partial charge on any atom is -0.487 e. The van der Waals surface area contributed by atoms with Crippen molar-refractivity contribution in [2.75, 3.05) is 211 Å². The van der Waals surface area contributed by atoms with Crippen LogP contribution in [-0.2, 0) is 76.0 Å². The van der Waals surface area contributed by atoms with Crippen LogP contribution in [0.3, 0.4) is 0 Å². The Morgan fingerprint density at radius 1 is 0.381 bits per heavy atom. The Morgan fingerprint density at radius 2 is 0.667 bits per heavy atom. The maximum Gasteiger partial charge on any atom is 0.261 e. The first kappa shape index (κ1) is 67.1. The third-order valence-electron chi connectivity index (χ3n) is 11.9. The second kappa shape index (κ2) is 39.5. The molecule has 84 heavy (non-hydrogen) atoms. The number of hydrogen-bond acceptors (Lipinski definition) is 22. The lowest BCUT2D eigenvalue weighted by molar-refractivity contribution is -0.127. The lowest BCUT2D eigenvalue weighted by Gasteiger charge is -2.24. The summed E-state index contributed by atoms with van der Waals surface area (Å²) in [6.45, 7) is 7.68. The van der Waals surface area contributed by atoms with Gasteiger partial charge in [0.25, 0.3) is 11.8 Å². The zero-order valence-electron chi connectivity index (χ0n) is 48.2. The Hall–Kier alpha value is -6.08. The van der Waals surface area contributed by atoms with Gasteiger partial charge in [0, 0.05) is 51.9 Å². The van der Waals surface area contributed by atoms with Gasteiger partial charge in [-0.15, -0.1) is 22.7 Å². The number of carbonyl (C=O) groups excluding carboxylic acids is 4. The third kappa shape index (κ3) is 22.4. The Kier molecular flexibility index (Phi) is 31.5. The summed E-state index contributed by atoms with van der Waals surface area (Å²) in [5, 5.41) is 9.42. The molecule has 2 aliphatic heterocycles. The Bertz CT molecular complexity index is 2460. The molecule has 0 fully saturated rings. The molecule has 4 aromatic rings. The SMILES string of the molecule is COCCOCCOCCOc1ccc(NC(=O)CN2C(=O)C3=C(c4cccs4)N(CC(=O)Nc4ccc(OCCOCCOCCOC)c(OCCOCCOCCOC)c4)C(=O)C3=C2c2cccs2)cc1OCCOCCOCCOC. The van der Waals surface area contributed by atoms with Crippen LogP contribution in [0.4, 0.5) is 11.4 Å². The first-order valence-corrected chi connectivity index (χ1v) is 29.2. The van der Waals surface area contributed by atoms with E-state index in [0.717, 1.165) is 0 Å². The van der Waals surface area contributed by atoms with E-state index in [4.69, 9.17) is 75.8 Å². The highest BCUT2D eigenvalue weighted by atomic mass is 32.1. The standard InChI is InChI=1S/C58H78N4O20S2/c1-67-13-17-71-21-25-75-29-33-79-45-11-9-43(39-47(45)81-35-31-77-27-23-73-19-15-69-3)59-51(63)41-61-55(49-7-5-37-83-49)53-54(57(61)65)56(50-8-6-38-84-50)62(58(53)66)42-52(64)60-44-10-12-46(80-34-30-76-26-22-72-18-14-68-2)48(40-44)82-36-32-78-28-24-74-20-16-70-4/h5-12,37-40H,13-36,41-42H2,1-4H3,(H,59,63)(H,60,64). The van der Waals surface area contributed by atoms with Crippen molar-refractivity contribution >= 4 is 69.1 Å².